The number of benzene rings is 1. The van der Waals surface area contributed by atoms with Gasteiger partial charge >= 0.3 is 0 Å². The summed E-state index contributed by atoms with van der Waals surface area (Å²) in [6.07, 6.45) is 0. The molecule has 1 aliphatic rings. The van der Waals surface area contributed by atoms with E-state index in [1.165, 1.54) is 5.56 Å². The Morgan fingerprint density at radius 2 is 2.12 bits per heavy atom. The predicted octanol–water partition coefficient (Wildman–Crippen LogP) is 2.27. The predicted molar refractivity (Wildman–Crippen MR) is 67.7 cm³/mol. The van der Waals surface area contributed by atoms with Crippen molar-refractivity contribution in [2.24, 2.45) is 0 Å². The van der Waals surface area contributed by atoms with Gasteiger partial charge in [0.25, 0.3) is 0 Å². The van der Waals surface area contributed by atoms with E-state index in [0.717, 1.165) is 19.7 Å². The van der Waals surface area contributed by atoms with E-state index in [-0.39, 0.29) is 5.72 Å². The van der Waals surface area contributed by atoms with Crippen LogP contribution >= 0.6 is 0 Å². The molecular weight excluding hydrogens is 214 g/mol. The molecule has 3 heteroatoms. The van der Waals surface area contributed by atoms with Gasteiger partial charge < -0.3 is 9.47 Å². The molecule has 0 N–H and O–H groups in total. The minimum Gasteiger partial charge on any atom is -0.376 e. The van der Waals surface area contributed by atoms with Gasteiger partial charge in [0.05, 0.1) is 13.2 Å². The lowest BCUT2D eigenvalue weighted by molar-refractivity contribution is -0.210. The van der Waals surface area contributed by atoms with Gasteiger partial charge in [-0.05, 0) is 19.4 Å². The highest BCUT2D eigenvalue weighted by Crippen LogP contribution is 2.23. The Bertz CT molecular complexity index is 337. The first-order chi connectivity index (χ1) is 8.24. The van der Waals surface area contributed by atoms with Crippen molar-refractivity contribution < 1.29 is 9.47 Å². The molecule has 1 fully saturated rings. The molecule has 0 spiro atoms. The van der Waals surface area contributed by atoms with Crippen molar-refractivity contribution in [1.82, 2.24) is 4.90 Å². The fourth-order valence-corrected chi connectivity index (χ4v) is 2.26. The first kappa shape index (κ1) is 12.6. The Labute approximate surface area is 103 Å². The summed E-state index contributed by atoms with van der Waals surface area (Å²) in [6, 6.07) is 10.5. The van der Waals surface area contributed by atoms with Crippen LogP contribution < -0.4 is 0 Å². The highest BCUT2D eigenvalue weighted by molar-refractivity contribution is 5.14. The summed E-state index contributed by atoms with van der Waals surface area (Å²) < 4.78 is 11.4. The van der Waals surface area contributed by atoms with Gasteiger partial charge in [0.1, 0.15) is 5.72 Å². The molecule has 1 atom stereocenters. The number of nitrogens with zero attached hydrogens (tertiary/aromatic N) is 1. The van der Waals surface area contributed by atoms with Gasteiger partial charge in [0.15, 0.2) is 0 Å². The van der Waals surface area contributed by atoms with Crippen LogP contribution in [0.1, 0.15) is 19.4 Å². The average molecular weight is 235 g/mol. The summed E-state index contributed by atoms with van der Waals surface area (Å²) in [7, 11) is 0. The summed E-state index contributed by atoms with van der Waals surface area (Å²) >= 11 is 0. The third kappa shape index (κ3) is 3.06. The summed E-state index contributed by atoms with van der Waals surface area (Å²) in [6.45, 7) is 8.12. The third-order valence-corrected chi connectivity index (χ3v) is 3.22. The summed E-state index contributed by atoms with van der Waals surface area (Å²) in [4.78, 5) is 2.36. The van der Waals surface area contributed by atoms with Crippen LogP contribution in [0.3, 0.4) is 0 Å². The van der Waals surface area contributed by atoms with Gasteiger partial charge in [-0.25, -0.2) is 0 Å². The van der Waals surface area contributed by atoms with E-state index < -0.39 is 0 Å². The van der Waals surface area contributed by atoms with Crippen molar-refractivity contribution in [3.8, 4) is 0 Å². The van der Waals surface area contributed by atoms with Crippen molar-refractivity contribution in [3.63, 3.8) is 0 Å². The Balaban J connectivity index is 2.06. The standard InChI is InChI=1S/C14H21NO2/c1-3-17-14(2)12-16-10-9-15(14)11-13-7-5-4-6-8-13/h4-8H,3,9-12H2,1-2H3/t14-/m0/s1. The lowest BCUT2D eigenvalue weighted by Crippen LogP contribution is -2.56. The van der Waals surface area contributed by atoms with Crippen LogP contribution in [-0.4, -0.2) is 37.0 Å². The molecule has 1 heterocycles. The molecule has 1 aromatic rings. The molecule has 1 saturated heterocycles. The van der Waals surface area contributed by atoms with E-state index in [1.54, 1.807) is 0 Å². The molecule has 0 amide bonds. The number of hydrogen-bond donors (Lipinski definition) is 0. The zero-order valence-corrected chi connectivity index (χ0v) is 10.7. The van der Waals surface area contributed by atoms with E-state index >= 15 is 0 Å². The van der Waals surface area contributed by atoms with Crippen molar-refractivity contribution in [1.29, 1.82) is 0 Å². The normalized spacial score (nSPS) is 26.0. The van der Waals surface area contributed by atoms with Crippen LogP contribution in [0.5, 0.6) is 0 Å². The maximum absolute atomic E-state index is 5.86. The molecule has 1 aromatic carbocycles. The first-order valence-corrected chi connectivity index (χ1v) is 6.25. The van der Waals surface area contributed by atoms with E-state index in [2.05, 4.69) is 36.1 Å². The highest BCUT2D eigenvalue weighted by atomic mass is 16.6. The first-order valence-electron chi connectivity index (χ1n) is 6.25. The number of rotatable bonds is 4. The van der Waals surface area contributed by atoms with E-state index in [1.807, 2.05) is 13.0 Å². The molecule has 0 radical (unpaired) electrons. The molecule has 0 aromatic heterocycles. The fraction of sp³-hybridized carbons (Fsp3) is 0.571. The SMILES string of the molecule is CCO[C@@]1(C)COCCN1Cc1ccccc1. The van der Waals surface area contributed by atoms with Gasteiger partial charge in [0, 0.05) is 19.7 Å². The number of morpholine rings is 1. The lowest BCUT2D eigenvalue weighted by atomic mass is 10.1. The molecule has 0 saturated carbocycles. The van der Waals surface area contributed by atoms with Gasteiger partial charge in [-0.2, -0.15) is 0 Å². The Kier molecular flexibility index (Phi) is 4.15. The number of ether oxygens (including phenoxy) is 2. The monoisotopic (exact) mass is 235 g/mol. The lowest BCUT2D eigenvalue weighted by Gasteiger charge is -2.44. The van der Waals surface area contributed by atoms with E-state index in [4.69, 9.17) is 9.47 Å². The second-order valence-corrected chi connectivity index (χ2v) is 4.57. The largest absolute Gasteiger partial charge is 0.376 e. The molecule has 0 aliphatic carbocycles. The quantitative estimate of drug-likeness (QED) is 0.799. The zero-order valence-electron chi connectivity index (χ0n) is 10.7. The summed E-state index contributed by atoms with van der Waals surface area (Å²) in [5.74, 6) is 0. The Morgan fingerprint density at radius 1 is 1.35 bits per heavy atom. The van der Waals surface area contributed by atoms with Crippen LogP contribution in [0.4, 0.5) is 0 Å². The molecular formula is C14H21NO2. The Hall–Kier alpha value is -0.900. The average Bonchev–Trinajstić information content (AvgIpc) is 2.34. The Morgan fingerprint density at radius 3 is 2.82 bits per heavy atom. The minimum atomic E-state index is -0.289. The van der Waals surface area contributed by atoms with Gasteiger partial charge in [-0.15, -0.1) is 0 Å². The van der Waals surface area contributed by atoms with Crippen molar-refractivity contribution in [2.45, 2.75) is 26.1 Å². The van der Waals surface area contributed by atoms with Gasteiger partial charge in [-0.3, -0.25) is 4.90 Å². The molecule has 2 rings (SSSR count). The molecule has 17 heavy (non-hydrogen) atoms. The fourth-order valence-electron chi connectivity index (χ4n) is 2.26. The van der Waals surface area contributed by atoms with Crippen LogP contribution in [0.2, 0.25) is 0 Å². The highest BCUT2D eigenvalue weighted by Gasteiger charge is 2.35. The second-order valence-electron chi connectivity index (χ2n) is 4.57. The smallest absolute Gasteiger partial charge is 0.142 e. The molecule has 0 unspecified atom stereocenters. The van der Waals surface area contributed by atoms with Crippen molar-refractivity contribution >= 4 is 0 Å². The maximum Gasteiger partial charge on any atom is 0.142 e. The zero-order chi connectivity index (χ0) is 12.1. The van der Waals surface area contributed by atoms with Crippen molar-refractivity contribution in [3.05, 3.63) is 35.9 Å². The minimum absolute atomic E-state index is 0.289. The molecule has 94 valence electrons. The second kappa shape index (κ2) is 5.63. The molecule has 1 aliphatic heterocycles. The van der Waals surface area contributed by atoms with E-state index in [9.17, 15) is 0 Å². The van der Waals surface area contributed by atoms with E-state index in [0.29, 0.717) is 13.2 Å². The van der Waals surface area contributed by atoms with Crippen LogP contribution in [0.15, 0.2) is 30.3 Å². The molecule has 3 nitrogen and oxygen atoms in total. The third-order valence-electron chi connectivity index (χ3n) is 3.22. The van der Waals surface area contributed by atoms with Gasteiger partial charge in [0.2, 0.25) is 0 Å². The number of hydrogen-bond acceptors (Lipinski definition) is 3. The van der Waals surface area contributed by atoms with Crippen LogP contribution in [0.25, 0.3) is 0 Å². The summed E-state index contributed by atoms with van der Waals surface area (Å²) in [5, 5.41) is 0. The topological polar surface area (TPSA) is 21.7 Å². The maximum atomic E-state index is 5.86. The van der Waals surface area contributed by atoms with Gasteiger partial charge in [-0.1, -0.05) is 30.3 Å². The van der Waals surface area contributed by atoms with Crippen LogP contribution in [-0.2, 0) is 16.0 Å². The molecule has 0 bridgehead atoms. The van der Waals surface area contributed by atoms with Crippen LogP contribution in [0, 0.1) is 0 Å². The summed E-state index contributed by atoms with van der Waals surface area (Å²) in [5.41, 5.74) is 1.03. The van der Waals surface area contributed by atoms with Crippen molar-refractivity contribution in [2.75, 3.05) is 26.4 Å².